The highest BCUT2D eigenvalue weighted by Gasteiger charge is 2.93. The fourth-order valence-corrected chi connectivity index (χ4v) is 5.21. The Hall–Kier alpha value is -0.330. The van der Waals surface area contributed by atoms with Gasteiger partial charge in [0.1, 0.15) is 5.78 Å². The molecule has 2 bridgehead atoms. The Bertz CT molecular complexity index is 247. The van der Waals surface area contributed by atoms with Crippen molar-refractivity contribution in [3.05, 3.63) is 0 Å². The number of rotatable bonds is 0. The third kappa shape index (κ3) is 0.150. The third-order valence-electron chi connectivity index (χ3n) is 5.15. The number of ketones is 1. The van der Waals surface area contributed by atoms with Gasteiger partial charge in [-0.3, -0.25) is 4.79 Å². The number of carbonyl (C=O) groups is 1. The van der Waals surface area contributed by atoms with Crippen LogP contribution >= 0.6 is 0 Å². The fraction of sp³-hybridized carbons (Fsp3) is 0.889. The molecule has 50 valence electrons. The summed E-state index contributed by atoms with van der Waals surface area (Å²) in [6.07, 6.45) is 0. The molecule has 2 unspecified atom stereocenters. The van der Waals surface area contributed by atoms with Crippen LogP contribution in [-0.2, 0) is 4.79 Å². The van der Waals surface area contributed by atoms with Crippen LogP contribution in [-0.4, -0.2) is 5.78 Å². The van der Waals surface area contributed by atoms with Gasteiger partial charge in [0, 0.05) is 11.8 Å². The summed E-state index contributed by atoms with van der Waals surface area (Å²) in [5, 5.41) is 0. The summed E-state index contributed by atoms with van der Waals surface area (Å²) in [7, 11) is 0. The predicted octanol–water partition coefficient (Wildman–Crippen LogP) is 0.553. The summed E-state index contributed by atoms with van der Waals surface area (Å²) < 4.78 is 0. The lowest BCUT2D eigenvalue weighted by atomic mass is 10.0. The maximum absolute atomic E-state index is 11.5. The van der Waals surface area contributed by atoms with Crippen molar-refractivity contribution in [3.63, 3.8) is 0 Å². The van der Waals surface area contributed by atoms with Crippen molar-refractivity contribution in [3.8, 4) is 0 Å². The molecule has 0 aromatic heterocycles. The zero-order valence-electron chi connectivity index (χ0n) is 5.53. The summed E-state index contributed by atoms with van der Waals surface area (Å²) in [6, 6.07) is 0. The first kappa shape index (κ1) is 3.89. The van der Waals surface area contributed by atoms with E-state index >= 15 is 0 Å². The van der Waals surface area contributed by atoms with Crippen LogP contribution in [0.3, 0.4) is 0 Å². The Labute approximate surface area is 58.8 Å². The molecule has 0 heterocycles. The van der Waals surface area contributed by atoms with Crippen molar-refractivity contribution in [2.24, 2.45) is 47.3 Å². The lowest BCUT2D eigenvalue weighted by Crippen LogP contribution is -2.10. The van der Waals surface area contributed by atoms with Crippen molar-refractivity contribution in [1.82, 2.24) is 0 Å². The summed E-state index contributed by atoms with van der Waals surface area (Å²) in [4.78, 5) is 11.5. The average Bonchev–Trinajstić information content (AvgIpc) is 2.70. The zero-order chi connectivity index (χ0) is 6.20. The lowest BCUT2D eigenvalue weighted by molar-refractivity contribution is -0.123. The van der Waals surface area contributed by atoms with Gasteiger partial charge < -0.3 is 0 Å². The lowest BCUT2D eigenvalue weighted by Gasteiger charge is -2.01. The van der Waals surface area contributed by atoms with Crippen molar-refractivity contribution in [2.75, 3.05) is 0 Å². The number of Topliss-reactive ketones (excluding diaryl/α,β-unsaturated/α-hetero) is 1. The molecule has 0 aliphatic heterocycles. The molecule has 6 rings (SSSR count). The molecule has 6 aliphatic carbocycles. The molecule has 1 nitrogen and oxygen atoms in total. The van der Waals surface area contributed by atoms with E-state index in [1.54, 1.807) is 0 Å². The highest BCUT2D eigenvalue weighted by Crippen LogP contribution is 2.93. The van der Waals surface area contributed by atoms with E-state index in [-0.39, 0.29) is 0 Å². The van der Waals surface area contributed by atoms with Gasteiger partial charge in [0.25, 0.3) is 0 Å². The first-order chi connectivity index (χ1) is 4.91. The van der Waals surface area contributed by atoms with E-state index in [1.807, 2.05) is 0 Å². The maximum atomic E-state index is 11.5. The zero-order valence-corrected chi connectivity index (χ0v) is 5.53. The largest absolute Gasteiger partial charge is 0.299 e. The van der Waals surface area contributed by atoms with Gasteiger partial charge >= 0.3 is 0 Å². The van der Waals surface area contributed by atoms with Crippen LogP contribution in [0, 0.1) is 47.3 Å². The monoisotopic (exact) mass is 132 g/mol. The van der Waals surface area contributed by atoms with E-state index in [4.69, 9.17) is 0 Å². The first-order valence-corrected chi connectivity index (χ1v) is 4.45. The smallest absolute Gasteiger partial charge is 0.140 e. The van der Waals surface area contributed by atoms with E-state index in [2.05, 4.69) is 0 Å². The molecule has 0 N–H and O–H groups in total. The quantitative estimate of drug-likeness (QED) is 0.470. The van der Waals surface area contributed by atoms with Crippen LogP contribution in [0.5, 0.6) is 0 Å². The van der Waals surface area contributed by atoms with Gasteiger partial charge in [-0.1, -0.05) is 0 Å². The van der Waals surface area contributed by atoms with Crippen LogP contribution in [0.25, 0.3) is 0 Å². The molecule has 0 radical (unpaired) electrons. The maximum Gasteiger partial charge on any atom is 0.140 e. The predicted molar refractivity (Wildman–Crippen MR) is 32.9 cm³/mol. The van der Waals surface area contributed by atoms with E-state index < -0.39 is 0 Å². The first-order valence-electron chi connectivity index (χ1n) is 4.45. The van der Waals surface area contributed by atoms with Gasteiger partial charge in [0.2, 0.25) is 0 Å². The van der Waals surface area contributed by atoms with Crippen LogP contribution in [0.1, 0.15) is 0 Å². The van der Waals surface area contributed by atoms with Gasteiger partial charge in [-0.15, -0.1) is 0 Å². The summed E-state index contributed by atoms with van der Waals surface area (Å²) in [5.41, 5.74) is 0. The highest BCUT2D eigenvalue weighted by molar-refractivity contribution is 5.95. The number of carbonyl (C=O) groups excluding carboxylic acids is 1. The molecular formula is C9H8O. The molecule has 0 aromatic rings. The average molecular weight is 132 g/mol. The van der Waals surface area contributed by atoms with Gasteiger partial charge in [0.15, 0.2) is 0 Å². The van der Waals surface area contributed by atoms with Crippen LogP contribution in [0.4, 0.5) is 0 Å². The molecule has 0 spiro atoms. The van der Waals surface area contributed by atoms with Gasteiger partial charge in [-0.2, -0.15) is 0 Å². The molecule has 6 fully saturated rings. The standard InChI is InChI=1S/C9H8O/c10-9-7-3-1-2-5(7)6(2)8(9)4(1)3/h1-8H/t1?,2?,3-,4+,5-,6+,7?,8?. The minimum atomic E-state index is 0.620. The highest BCUT2D eigenvalue weighted by atomic mass is 16.1. The molecule has 0 aromatic carbocycles. The van der Waals surface area contributed by atoms with E-state index in [0.717, 1.165) is 35.5 Å². The van der Waals surface area contributed by atoms with Crippen LogP contribution in [0.2, 0.25) is 0 Å². The van der Waals surface area contributed by atoms with Crippen LogP contribution < -0.4 is 0 Å². The normalized spacial score (nSPS) is 90.2. The van der Waals surface area contributed by atoms with Crippen molar-refractivity contribution in [2.45, 2.75) is 0 Å². The topological polar surface area (TPSA) is 17.1 Å². The Morgan fingerprint density at radius 2 is 1.10 bits per heavy atom. The molecule has 1 heteroatoms. The van der Waals surface area contributed by atoms with Crippen LogP contribution in [0.15, 0.2) is 0 Å². The minimum absolute atomic E-state index is 0.620. The van der Waals surface area contributed by atoms with Gasteiger partial charge in [-0.25, -0.2) is 0 Å². The Kier molecular flexibility index (Phi) is 0.279. The van der Waals surface area contributed by atoms with Gasteiger partial charge in [-0.05, 0) is 35.5 Å². The minimum Gasteiger partial charge on any atom is -0.299 e. The molecule has 6 atom stereocenters. The Balaban J connectivity index is 2.00. The number of hydrogen-bond donors (Lipinski definition) is 0. The summed E-state index contributed by atoms with van der Waals surface area (Å²) >= 11 is 0. The van der Waals surface area contributed by atoms with Crippen molar-refractivity contribution < 1.29 is 4.79 Å². The second kappa shape index (κ2) is 0.717. The van der Waals surface area contributed by atoms with Crippen molar-refractivity contribution in [1.29, 1.82) is 0 Å². The summed E-state index contributed by atoms with van der Waals surface area (Å²) in [6.45, 7) is 0. The Morgan fingerprint density at radius 1 is 0.700 bits per heavy atom. The molecule has 10 heavy (non-hydrogen) atoms. The molecule has 6 aliphatic rings. The summed E-state index contributed by atoms with van der Waals surface area (Å²) in [5.74, 6) is 7.87. The number of hydrogen-bond acceptors (Lipinski definition) is 1. The second-order valence-corrected chi connectivity index (χ2v) is 4.92. The molecule has 6 saturated carbocycles. The molecular weight excluding hydrogens is 124 g/mol. The van der Waals surface area contributed by atoms with E-state index in [0.29, 0.717) is 17.6 Å². The second-order valence-electron chi connectivity index (χ2n) is 4.92. The Morgan fingerprint density at radius 3 is 1.40 bits per heavy atom. The molecule has 0 saturated heterocycles. The van der Waals surface area contributed by atoms with Crippen molar-refractivity contribution >= 4 is 5.78 Å². The fourth-order valence-electron chi connectivity index (χ4n) is 5.21. The third-order valence-corrected chi connectivity index (χ3v) is 5.15. The SMILES string of the molecule is O=C1C2[C@@H]3C4C5[C@@H]2[C@H]5C1[C@@H]43. The van der Waals surface area contributed by atoms with E-state index in [9.17, 15) is 4.79 Å². The van der Waals surface area contributed by atoms with E-state index in [1.165, 1.54) is 0 Å². The van der Waals surface area contributed by atoms with Gasteiger partial charge in [0.05, 0.1) is 0 Å². The molecule has 0 amide bonds.